The first-order chi connectivity index (χ1) is 11.5. The Hall–Kier alpha value is -1.06. The summed E-state index contributed by atoms with van der Waals surface area (Å²) >= 11 is 0. The van der Waals surface area contributed by atoms with Crippen LogP contribution in [0.4, 0.5) is 5.69 Å². The first kappa shape index (κ1) is 15.2. The molecular formula is C21H30N2O. The van der Waals surface area contributed by atoms with Gasteiger partial charge in [-0.3, -0.25) is 4.90 Å². The lowest BCUT2D eigenvalue weighted by Gasteiger charge is -2.53. The van der Waals surface area contributed by atoms with Gasteiger partial charge in [-0.2, -0.15) is 0 Å². The van der Waals surface area contributed by atoms with Crippen LogP contribution in [0.25, 0.3) is 0 Å². The molecule has 3 heterocycles. The Kier molecular flexibility index (Phi) is 3.02. The predicted molar refractivity (Wildman–Crippen MR) is 97.3 cm³/mol. The molecule has 1 aliphatic carbocycles. The Balaban J connectivity index is 1.71. The number of rotatable bonds is 2. The first-order valence-corrected chi connectivity index (χ1v) is 9.74. The Bertz CT molecular complexity index is 676. The van der Waals surface area contributed by atoms with Crippen LogP contribution in [-0.2, 0) is 5.41 Å². The second-order valence-corrected chi connectivity index (χ2v) is 8.92. The highest BCUT2D eigenvalue weighted by Crippen LogP contribution is 2.65. The summed E-state index contributed by atoms with van der Waals surface area (Å²) < 4.78 is 0. The molecule has 8 atom stereocenters. The van der Waals surface area contributed by atoms with Crippen molar-refractivity contribution in [3.8, 4) is 0 Å². The van der Waals surface area contributed by atoms with Crippen LogP contribution in [0.1, 0.15) is 38.7 Å². The second kappa shape index (κ2) is 4.76. The topological polar surface area (TPSA) is 26.7 Å². The van der Waals surface area contributed by atoms with Gasteiger partial charge < -0.3 is 10.0 Å². The van der Waals surface area contributed by atoms with Gasteiger partial charge in [0.15, 0.2) is 0 Å². The fraction of sp³-hybridized carbons (Fsp3) is 0.714. The quantitative estimate of drug-likeness (QED) is 0.905. The van der Waals surface area contributed by atoms with Gasteiger partial charge in [0.25, 0.3) is 0 Å². The van der Waals surface area contributed by atoms with Crippen molar-refractivity contribution in [3.63, 3.8) is 0 Å². The predicted octanol–water partition coefficient (Wildman–Crippen LogP) is 2.87. The molecule has 1 unspecified atom stereocenters. The van der Waals surface area contributed by atoms with Crippen LogP contribution < -0.4 is 4.90 Å². The van der Waals surface area contributed by atoms with Gasteiger partial charge in [0.2, 0.25) is 0 Å². The van der Waals surface area contributed by atoms with Crippen molar-refractivity contribution >= 4 is 5.69 Å². The summed E-state index contributed by atoms with van der Waals surface area (Å²) in [5.74, 6) is 1.81. The van der Waals surface area contributed by atoms with E-state index in [9.17, 15) is 5.11 Å². The number of hydrogen-bond acceptors (Lipinski definition) is 3. The van der Waals surface area contributed by atoms with E-state index >= 15 is 0 Å². The van der Waals surface area contributed by atoms with E-state index in [4.69, 9.17) is 0 Å². The third kappa shape index (κ3) is 1.48. The molecule has 3 heteroatoms. The van der Waals surface area contributed by atoms with E-state index < -0.39 is 0 Å². The molecule has 3 fully saturated rings. The highest BCUT2D eigenvalue weighted by molar-refractivity contribution is 5.67. The molecule has 3 bridgehead atoms. The zero-order chi connectivity index (χ0) is 16.8. The maximum absolute atomic E-state index is 11.7. The fourth-order valence-electron chi connectivity index (χ4n) is 7.20. The minimum atomic E-state index is -0.201. The third-order valence-corrected chi connectivity index (χ3v) is 8.41. The Morgan fingerprint density at radius 3 is 2.75 bits per heavy atom. The molecule has 1 spiro atoms. The Labute approximate surface area is 145 Å². The fourth-order valence-corrected chi connectivity index (χ4v) is 7.20. The largest absolute Gasteiger partial charge is 0.392 e. The lowest BCUT2D eigenvalue weighted by atomic mass is 9.67. The van der Waals surface area contributed by atoms with Crippen LogP contribution in [0.3, 0.4) is 0 Å². The lowest BCUT2D eigenvalue weighted by molar-refractivity contribution is -0.0187. The second-order valence-electron chi connectivity index (χ2n) is 8.92. The van der Waals surface area contributed by atoms with Crippen LogP contribution in [0.2, 0.25) is 0 Å². The molecule has 4 aliphatic rings. The molecule has 1 aromatic rings. The molecule has 0 radical (unpaired) electrons. The van der Waals surface area contributed by atoms with E-state index in [0.29, 0.717) is 35.9 Å². The lowest BCUT2D eigenvalue weighted by Crippen LogP contribution is -2.64. The van der Waals surface area contributed by atoms with Crippen molar-refractivity contribution in [2.75, 3.05) is 19.0 Å². The van der Waals surface area contributed by atoms with Crippen molar-refractivity contribution in [3.05, 3.63) is 29.8 Å². The molecular weight excluding hydrogens is 296 g/mol. The molecule has 1 N–H and O–H groups in total. The standard InChI is InChI=1S/C21H30N2O/c1-5-12(2)13-10-16-19-21(11-17(22(16)3)18(13)20(21)24)14-8-6-7-9-15(14)23(19)4/h6-9,12-13,16-20,24H,5,10-11H2,1-4H3/t12-,13-,16-,17-,18-,19-,20?,21+/m0/s1. The molecule has 5 rings (SSSR count). The number of piperidine rings is 2. The first-order valence-electron chi connectivity index (χ1n) is 9.74. The van der Waals surface area contributed by atoms with Gasteiger partial charge in [-0.25, -0.2) is 0 Å². The number of nitrogens with zero attached hydrogens (tertiary/aromatic N) is 2. The molecule has 3 aliphatic heterocycles. The SMILES string of the molecule is CC[C@H](C)[C@@H]1C[C@H]2[C@@H]3N(C)c4ccccc4[C@]34C[C@@H]([C@H]1C4O)N2C. The van der Waals surface area contributed by atoms with E-state index in [1.807, 2.05) is 0 Å². The Morgan fingerprint density at radius 2 is 2.00 bits per heavy atom. The van der Waals surface area contributed by atoms with E-state index in [1.54, 1.807) is 0 Å². The van der Waals surface area contributed by atoms with E-state index in [0.717, 1.165) is 6.42 Å². The van der Waals surface area contributed by atoms with Crippen molar-refractivity contribution in [1.29, 1.82) is 0 Å². The molecule has 0 amide bonds. The number of likely N-dealkylation sites (N-methyl/N-ethyl adjacent to an activating group) is 2. The third-order valence-electron chi connectivity index (χ3n) is 8.41. The average Bonchev–Trinajstić information content (AvgIpc) is 2.96. The highest BCUT2D eigenvalue weighted by Gasteiger charge is 2.72. The van der Waals surface area contributed by atoms with Gasteiger partial charge in [-0.05, 0) is 43.4 Å². The number of anilines is 1. The van der Waals surface area contributed by atoms with Crippen LogP contribution in [-0.4, -0.2) is 48.3 Å². The van der Waals surface area contributed by atoms with Crippen molar-refractivity contribution in [2.24, 2.45) is 17.8 Å². The van der Waals surface area contributed by atoms with Gasteiger partial charge in [0, 0.05) is 36.2 Å². The smallest absolute Gasteiger partial charge is 0.0704 e. The number of aliphatic hydroxyl groups excluding tert-OH is 1. The molecule has 3 nitrogen and oxygen atoms in total. The van der Waals surface area contributed by atoms with Crippen LogP contribution in [0.5, 0.6) is 0 Å². The van der Waals surface area contributed by atoms with Crippen molar-refractivity contribution in [2.45, 2.75) is 62.8 Å². The number of benzene rings is 1. The monoisotopic (exact) mass is 326 g/mol. The van der Waals surface area contributed by atoms with Gasteiger partial charge in [-0.1, -0.05) is 38.5 Å². The number of aliphatic hydroxyl groups is 1. The molecule has 130 valence electrons. The van der Waals surface area contributed by atoms with Gasteiger partial charge in [0.1, 0.15) is 0 Å². The average molecular weight is 326 g/mol. The van der Waals surface area contributed by atoms with Gasteiger partial charge in [-0.15, -0.1) is 0 Å². The normalized spacial score (nSPS) is 47.0. The summed E-state index contributed by atoms with van der Waals surface area (Å²) in [5.41, 5.74) is 2.73. The van der Waals surface area contributed by atoms with Crippen LogP contribution in [0.15, 0.2) is 24.3 Å². The van der Waals surface area contributed by atoms with E-state index in [2.05, 4.69) is 62.0 Å². The van der Waals surface area contributed by atoms with Gasteiger partial charge >= 0.3 is 0 Å². The van der Waals surface area contributed by atoms with E-state index in [-0.39, 0.29) is 11.5 Å². The molecule has 0 aromatic heterocycles. The van der Waals surface area contributed by atoms with Crippen molar-refractivity contribution in [1.82, 2.24) is 4.90 Å². The number of fused-ring (bicyclic) bond motifs is 3. The minimum Gasteiger partial charge on any atom is -0.392 e. The number of para-hydroxylation sites is 1. The highest BCUT2D eigenvalue weighted by atomic mass is 16.3. The van der Waals surface area contributed by atoms with Gasteiger partial charge in [0.05, 0.1) is 12.1 Å². The van der Waals surface area contributed by atoms with Crippen LogP contribution >= 0.6 is 0 Å². The molecule has 2 saturated heterocycles. The zero-order valence-corrected chi connectivity index (χ0v) is 15.3. The maximum atomic E-state index is 11.7. The molecule has 1 aromatic carbocycles. The van der Waals surface area contributed by atoms with E-state index in [1.165, 1.54) is 24.1 Å². The summed E-state index contributed by atoms with van der Waals surface area (Å²) in [7, 11) is 4.57. The summed E-state index contributed by atoms with van der Waals surface area (Å²) in [5, 5.41) is 11.7. The molecule has 1 saturated carbocycles. The zero-order valence-electron chi connectivity index (χ0n) is 15.3. The number of hydrogen-bond donors (Lipinski definition) is 1. The minimum absolute atomic E-state index is 0.0416. The van der Waals surface area contributed by atoms with Crippen LogP contribution in [0, 0.1) is 17.8 Å². The molecule has 24 heavy (non-hydrogen) atoms. The summed E-state index contributed by atoms with van der Waals surface area (Å²) in [6.07, 6.45) is 3.40. The summed E-state index contributed by atoms with van der Waals surface area (Å²) in [6.45, 7) is 4.71. The maximum Gasteiger partial charge on any atom is 0.0704 e. The summed E-state index contributed by atoms with van der Waals surface area (Å²) in [6, 6.07) is 10.4. The Morgan fingerprint density at radius 1 is 1.25 bits per heavy atom. The summed E-state index contributed by atoms with van der Waals surface area (Å²) in [4.78, 5) is 5.13. The van der Waals surface area contributed by atoms with Crippen molar-refractivity contribution < 1.29 is 5.11 Å².